The van der Waals surface area contributed by atoms with E-state index in [1.54, 1.807) is 25.1 Å². The highest BCUT2D eigenvalue weighted by Gasteiger charge is 2.18. The summed E-state index contributed by atoms with van der Waals surface area (Å²) in [7, 11) is 0. The minimum Gasteiger partial charge on any atom is -0.391 e. The Kier molecular flexibility index (Phi) is 5.75. The predicted molar refractivity (Wildman–Crippen MR) is 87.0 cm³/mol. The SMILES string of the molecule is Cc1nnnn1/C(=C\c1ccc(F)cc1)C(=O)NCC(O)C(C)C. The number of benzene rings is 1. The van der Waals surface area contributed by atoms with Crippen LogP contribution in [0.5, 0.6) is 0 Å². The van der Waals surface area contributed by atoms with Crippen molar-refractivity contribution in [2.75, 3.05) is 6.54 Å². The molecule has 0 saturated heterocycles. The summed E-state index contributed by atoms with van der Waals surface area (Å²) >= 11 is 0. The van der Waals surface area contributed by atoms with Crippen LogP contribution >= 0.6 is 0 Å². The van der Waals surface area contributed by atoms with Crippen molar-refractivity contribution in [3.63, 3.8) is 0 Å². The van der Waals surface area contributed by atoms with Crippen LogP contribution in [0.2, 0.25) is 0 Å². The van der Waals surface area contributed by atoms with E-state index in [9.17, 15) is 14.3 Å². The molecule has 0 spiro atoms. The number of nitrogens with zero attached hydrogens (tertiary/aromatic N) is 4. The lowest BCUT2D eigenvalue weighted by molar-refractivity contribution is -0.116. The normalized spacial score (nSPS) is 13.2. The van der Waals surface area contributed by atoms with Gasteiger partial charge in [-0.2, -0.15) is 4.68 Å². The number of rotatable bonds is 6. The molecule has 0 radical (unpaired) electrons. The molecule has 1 aromatic carbocycles. The Balaban J connectivity index is 2.28. The van der Waals surface area contributed by atoms with E-state index in [2.05, 4.69) is 20.8 Å². The molecule has 2 N–H and O–H groups in total. The van der Waals surface area contributed by atoms with Crippen molar-refractivity contribution < 1.29 is 14.3 Å². The Hall–Kier alpha value is -2.61. The van der Waals surface area contributed by atoms with Crippen LogP contribution in [-0.2, 0) is 4.79 Å². The molecule has 1 amide bonds. The molecular formula is C16H20FN5O2. The molecule has 0 saturated carbocycles. The fraction of sp³-hybridized carbons (Fsp3) is 0.375. The number of hydrogen-bond acceptors (Lipinski definition) is 5. The van der Waals surface area contributed by atoms with Crippen LogP contribution in [0.1, 0.15) is 25.2 Å². The van der Waals surface area contributed by atoms with E-state index >= 15 is 0 Å². The average Bonchev–Trinajstić information content (AvgIpc) is 2.97. The van der Waals surface area contributed by atoms with Gasteiger partial charge in [0, 0.05) is 6.54 Å². The number of aliphatic hydroxyl groups excluding tert-OH is 1. The number of nitrogens with one attached hydrogen (secondary N) is 1. The van der Waals surface area contributed by atoms with Gasteiger partial charge in [0.05, 0.1) is 6.10 Å². The second kappa shape index (κ2) is 7.78. The molecule has 1 aromatic heterocycles. The van der Waals surface area contributed by atoms with Crippen molar-refractivity contribution in [3.8, 4) is 0 Å². The number of carbonyl (C=O) groups is 1. The van der Waals surface area contributed by atoms with Gasteiger partial charge in [-0.15, -0.1) is 5.10 Å². The zero-order valence-electron chi connectivity index (χ0n) is 13.8. The number of tetrazole rings is 1. The standard InChI is InChI=1S/C16H20FN5O2/c1-10(2)15(23)9-18-16(24)14(22-11(3)19-20-21-22)8-12-4-6-13(17)7-5-12/h4-8,10,15,23H,9H2,1-3H3,(H,18,24)/b14-8-. The number of amides is 1. The summed E-state index contributed by atoms with van der Waals surface area (Å²) in [5, 5.41) is 23.6. The molecule has 1 unspecified atom stereocenters. The number of aliphatic hydroxyl groups is 1. The van der Waals surface area contributed by atoms with Crippen LogP contribution in [0, 0.1) is 18.7 Å². The number of carbonyl (C=O) groups excluding carboxylic acids is 1. The van der Waals surface area contributed by atoms with Gasteiger partial charge in [-0.3, -0.25) is 4.79 Å². The molecule has 1 heterocycles. The molecule has 0 fully saturated rings. The van der Waals surface area contributed by atoms with Crippen molar-refractivity contribution in [2.24, 2.45) is 5.92 Å². The van der Waals surface area contributed by atoms with Gasteiger partial charge in [0.2, 0.25) is 0 Å². The molecule has 7 nitrogen and oxygen atoms in total. The molecule has 24 heavy (non-hydrogen) atoms. The molecule has 8 heteroatoms. The Labute approximate surface area is 139 Å². The Bertz CT molecular complexity index is 724. The first-order valence-electron chi connectivity index (χ1n) is 7.57. The molecule has 2 aromatic rings. The van der Waals surface area contributed by atoms with Gasteiger partial charge >= 0.3 is 0 Å². The summed E-state index contributed by atoms with van der Waals surface area (Å²) in [5.74, 6) is -0.348. The predicted octanol–water partition coefficient (Wildman–Crippen LogP) is 1.25. The monoisotopic (exact) mass is 333 g/mol. The van der Waals surface area contributed by atoms with E-state index in [0.29, 0.717) is 11.4 Å². The summed E-state index contributed by atoms with van der Waals surface area (Å²) in [6, 6.07) is 5.70. The lowest BCUT2D eigenvalue weighted by Crippen LogP contribution is -2.36. The van der Waals surface area contributed by atoms with Crippen LogP contribution in [0.15, 0.2) is 24.3 Å². The van der Waals surface area contributed by atoms with E-state index in [0.717, 1.165) is 0 Å². The second-order valence-electron chi connectivity index (χ2n) is 5.74. The van der Waals surface area contributed by atoms with E-state index in [4.69, 9.17) is 0 Å². The lowest BCUT2D eigenvalue weighted by Gasteiger charge is -2.16. The molecule has 128 valence electrons. The molecule has 1 atom stereocenters. The fourth-order valence-electron chi connectivity index (χ4n) is 1.92. The average molecular weight is 333 g/mol. The van der Waals surface area contributed by atoms with Crippen molar-refractivity contribution in [3.05, 3.63) is 41.5 Å². The van der Waals surface area contributed by atoms with Gasteiger partial charge < -0.3 is 10.4 Å². The minimum absolute atomic E-state index is 0.0181. The summed E-state index contributed by atoms with van der Waals surface area (Å²) in [6.07, 6.45) is 0.899. The maximum Gasteiger partial charge on any atom is 0.270 e. The highest BCUT2D eigenvalue weighted by atomic mass is 19.1. The smallest absolute Gasteiger partial charge is 0.270 e. The third-order valence-electron chi connectivity index (χ3n) is 3.50. The maximum absolute atomic E-state index is 13.0. The Morgan fingerprint density at radius 2 is 2.04 bits per heavy atom. The molecule has 0 aliphatic rings. The van der Waals surface area contributed by atoms with Crippen molar-refractivity contribution in [1.29, 1.82) is 0 Å². The largest absolute Gasteiger partial charge is 0.391 e. The number of aryl methyl sites for hydroxylation is 1. The van der Waals surface area contributed by atoms with Crippen LogP contribution < -0.4 is 5.32 Å². The van der Waals surface area contributed by atoms with Gasteiger partial charge in [0.25, 0.3) is 5.91 Å². The molecule has 0 aliphatic carbocycles. The van der Waals surface area contributed by atoms with Crippen LogP contribution in [0.4, 0.5) is 4.39 Å². The van der Waals surface area contributed by atoms with Gasteiger partial charge in [-0.1, -0.05) is 26.0 Å². The van der Waals surface area contributed by atoms with Crippen molar-refractivity contribution in [1.82, 2.24) is 25.5 Å². The van der Waals surface area contributed by atoms with Crippen molar-refractivity contribution >= 4 is 17.7 Å². The van der Waals surface area contributed by atoms with E-state index in [-0.39, 0.29) is 24.0 Å². The summed E-state index contributed by atoms with van der Waals surface area (Å²) < 4.78 is 14.3. The maximum atomic E-state index is 13.0. The van der Waals surface area contributed by atoms with Crippen LogP contribution in [0.25, 0.3) is 11.8 Å². The van der Waals surface area contributed by atoms with E-state index in [1.165, 1.54) is 16.8 Å². The minimum atomic E-state index is -0.656. The topological polar surface area (TPSA) is 92.9 Å². The first kappa shape index (κ1) is 17.7. The number of aromatic nitrogens is 4. The van der Waals surface area contributed by atoms with E-state index in [1.807, 2.05) is 13.8 Å². The first-order valence-corrected chi connectivity index (χ1v) is 7.57. The first-order chi connectivity index (χ1) is 11.4. The van der Waals surface area contributed by atoms with Crippen LogP contribution in [-0.4, -0.2) is 43.9 Å². The molecule has 0 bridgehead atoms. The van der Waals surface area contributed by atoms with Gasteiger partial charge in [-0.25, -0.2) is 4.39 Å². The van der Waals surface area contributed by atoms with Gasteiger partial charge in [0.15, 0.2) is 5.82 Å². The second-order valence-corrected chi connectivity index (χ2v) is 5.74. The highest BCUT2D eigenvalue weighted by Crippen LogP contribution is 2.13. The van der Waals surface area contributed by atoms with Crippen LogP contribution in [0.3, 0.4) is 0 Å². The third-order valence-corrected chi connectivity index (χ3v) is 3.50. The number of hydrogen-bond donors (Lipinski definition) is 2. The molecule has 2 rings (SSSR count). The van der Waals surface area contributed by atoms with Crippen molar-refractivity contribution in [2.45, 2.75) is 26.9 Å². The Morgan fingerprint density at radius 3 is 2.58 bits per heavy atom. The summed E-state index contributed by atoms with van der Waals surface area (Å²) in [5.41, 5.74) is 0.806. The van der Waals surface area contributed by atoms with Gasteiger partial charge in [-0.05, 0) is 47.0 Å². The third kappa shape index (κ3) is 4.45. The fourth-order valence-corrected chi connectivity index (χ4v) is 1.92. The summed E-state index contributed by atoms with van der Waals surface area (Å²) in [4.78, 5) is 12.5. The summed E-state index contributed by atoms with van der Waals surface area (Å²) in [6.45, 7) is 5.49. The zero-order valence-corrected chi connectivity index (χ0v) is 13.8. The lowest BCUT2D eigenvalue weighted by atomic mass is 10.1. The Morgan fingerprint density at radius 1 is 1.38 bits per heavy atom. The zero-order chi connectivity index (χ0) is 17.7. The van der Waals surface area contributed by atoms with Gasteiger partial charge in [0.1, 0.15) is 11.5 Å². The highest BCUT2D eigenvalue weighted by molar-refractivity contribution is 6.18. The molecule has 0 aliphatic heterocycles. The number of halogens is 1. The molecular weight excluding hydrogens is 313 g/mol. The quantitative estimate of drug-likeness (QED) is 0.776. The van der Waals surface area contributed by atoms with E-state index < -0.39 is 12.0 Å².